The van der Waals surface area contributed by atoms with Crippen molar-refractivity contribution in [2.75, 3.05) is 14.2 Å². The number of hydrogen-bond acceptors (Lipinski definition) is 3. The van der Waals surface area contributed by atoms with Gasteiger partial charge in [0.1, 0.15) is 11.5 Å². The van der Waals surface area contributed by atoms with Gasteiger partial charge in [-0.1, -0.05) is 27.5 Å². The van der Waals surface area contributed by atoms with Crippen molar-refractivity contribution in [2.24, 2.45) is 0 Å². The Morgan fingerprint density at radius 1 is 1.32 bits per heavy atom. The van der Waals surface area contributed by atoms with Crippen LogP contribution >= 0.6 is 27.5 Å². The maximum atomic E-state index is 12.5. The molecule has 2 aromatic rings. The van der Waals surface area contributed by atoms with E-state index in [2.05, 4.69) is 15.9 Å². The summed E-state index contributed by atoms with van der Waals surface area (Å²) in [6.07, 6.45) is 0. The fraction of sp³-hybridized carbons (Fsp3) is 0.188. The molecule has 0 atom stereocenters. The minimum absolute atomic E-state index is 0.0573. The second-order valence-electron chi connectivity index (χ2n) is 4.78. The van der Waals surface area contributed by atoms with Crippen LogP contribution in [0.15, 0.2) is 40.9 Å². The quantitative estimate of drug-likeness (QED) is 0.864. The first-order valence-electron chi connectivity index (χ1n) is 6.48. The number of halogens is 2. The van der Waals surface area contributed by atoms with Gasteiger partial charge in [-0.15, -0.1) is 0 Å². The lowest BCUT2D eigenvalue weighted by Gasteiger charge is -2.19. The molecule has 0 unspecified atom stereocenters. The molecule has 0 saturated heterocycles. The number of aromatic hydroxyl groups is 1. The van der Waals surface area contributed by atoms with E-state index in [1.54, 1.807) is 44.5 Å². The van der Waals surface area contributed by atoms with Crippen molar-refractivity contribution in [2.45, 2.75) is 6.54 Å². The smallest absolute Gasteiger partial charge is 0.257 e. The lowest BCUT2D eigenvalue weighted by molar-refractivity contribution is 0.0781. The fourth-order valence-corrected chi connectivity index (χ4v) is 2.64. The summed E-state index contributed by atoms with van der Waals surface area (Å²) in [7, 11) is 3.22. The van der Waals surface area contributed by atoms with Gasteiger partial charge in [-0.05, 0) is 36.4 Å². The van der Waals surface area contributed by atoms with Crippen LogP contribution in [0.1, 0.15) is 15.9 Å². The Morgan fingerprint density at radius 3 is 2.73 bits per heavy atom. The summed E-state index contributed by atoms with van der Waals surface area (Å²) in [6, 6.07) is 9.98. The molecule has 2 rings (SSSR count). The maximum absolute atomic E-state index is 12.5. The Labute approximate surface area is 142 Å². The summed E-state index contributed by atoms with van der Waals surface area (Å²) < 4.78 is 6.00. The minimum atomic E-state index is -0.291. The second-order valence-corrected chi connectivity index (χ2v) is 6.13. The van der Waals surface area contributed by atoms with Gasteiger partial charge in [0.25, 0.3) is 5.91 Å². The van der Waals surface area contributed by atoms with E-state index in [1.807, 2.05) is 0 Å². The van der Waals surface area contributed by atoms with E-state index in [9.17, 15) is 9.90 Å². The largest absolute Gasteiger partial charge is 0.507 e. The number of amides is 1. The zero-order valence-electron chi connectivity index (χ0n) is 12.1. The molecular weight excluding hydrogens is 370 g/mol. The maximum Gasteiger partial charge on any atom is 0.257 e. The van der Waals surface area contributed by atoms with Crippen molar-refractivity contribution < 1.29 is 14.6 Å². The van der Waals surface area contributed by atoms with E-state index in [0.29, 0.717) is 17.3 Å². The Bertz CT molecular complexity index is 706. The number of nitrogens with zero attached hydrogens (tertiary/aromatic N) is 1. The molecule has 0 saturated carbocycles. The van der Waals surface area contributed by atoms with Crippen LogP contribution in [-0.4, -0.2) is 30.1 Å². The van der Waals surface area contributed by atoms with Gasteiger partial charge in [0.2, 0.25) is 0 Å². The summed E-state index contributed by atoms with van der Waals surface area (Å²) in [5.74, 6) is 0.307. The Hall–Kier alpha value is -1.72. The normalized spacial score (nSPS) is 10.4. The fourth-order valence-electron chi connectivity index (χ4n) is 2.08. The Kier molecular flexibility index (Phi) is 5.32. The Balaban J connectivity index is 2.25. The zero-order valence-corrected chi connectivity index (χ0v) is 14.5. The van der Waals surface area contributed by atoms with E-state index >= 15 is 0 Å². The average Bonchev–Trinajstić information content (AvgIpc) is 2.49. The van der Waals surface area contributed by atoms with Crippen LogP contribution in [0.2, 0.25) is 5.02 Å². The summed E-state index contributed by atoms with van der Waals surface area (Å²) in [4.78, 5) is 14.0. The van der Waals surface area contributed by atoms with Crippen LogP contribution in [0.3, 0.4) is 0 Å². The number of phenolic OH excluding ortho intramolecular Hbond substituents is 1. The SMILES string of the molecule is COc1ccc(Cl)cc1CN(C)C(=O)c1cc(Br)ccc1O. The lowest BCUT2D eigenvalue weighted by atomic mass is 10.1. The first kappa shape index (κ1) is 16.6. The number of benzene rings is 2. The molecule has 2 aromatic carbocycles. The molecule has 0 aromatic heterocycles. The molecule has 0 radical (unpaired) electrons. The first-order chi connectivity index (χ1) is 10.4. The summed E-state index contributed by atoms with van der Waals surface area (Å²) in [5, 5.41) is 10.4. The van der Waals surface area contributed by atoms with Crippen LogP contribution in [0.4, 0.5) is 0 Å². The number of carbonyl (C=O) groups is 1. The molecule has 0 fully saturated rings. The van der Waals surface area contributed by atoms with Crippen molar-refractivity contribution >= 4 is 33.4 Å². The molecule has 4 nitrogen and oxygen atoms in total. The Morgan fingerprint density at radius 2 is 2.05 bits per heavy atom. The van der Waals surface area contributed by atoms with Gasteiger partial charge in [0, 0.05) is 28.7 Å². The molecule has 22 heavy (non-hydrogen) atoms. The number of carbonyl (C=O) groups excluding carboxylic acids is 1. The van der Waals surface area contributed by atoms with Crippen molar-refractivity contribution in [3.05, 3.63) is 57.0 Å². The van der Waals surface area contributed by atoms with Crippen molar-refractivity contribution in [1.29, 1.82) is 0 Å². The van der Waals surface area contributed by atoms with Crippen molar-refractivity contribution in [3.8, 4) is 11.5 Å². The predicted molar refractivity (Wildman–Crippen MR) is 89.6 cm³/mol. The molecule has 1 amide bonds. The number of ether oxygens (including phenoxy) is 1. The summed E-state index contributed by atoms with van der Waals surface area (Å²) in [5.41, 5.74) is 1.03. The van der Waals surface area contributed by atoms with Crippen LogP contribution in [0.25, 0.3) is 0 Å². The van der Waals surface area contributed by atoms with E-state index in [4.69, 9.17) is 16.3 Å². The highest BCUT2D eigenvalue weighted by atomic mass is 79.9. The predicted octanol–water partition coefficient (Wildman–Crippen LogP) is 4.09. The van der Waals surface area contributed by atoms with Crippen LogP contribution < -0.4 is 4.74 Å². The van der Waals surface area contributed by atoms with Gasteiger partial charge < -0.3 is 14.7 Å². The average molecular weight is 385 g/mol. The van der Waals surface area contributed by atoms with Crippen LogP contribution in [0, 0.1) is 0 Å². The molecule has 6 heteroatoms. The van der Waals surface area contributed by atoms with Crippen molar-refractivity contribution in [1.82, 2.24) is 4.90 Å². The summed E-state index contributed by atoms with van der Waals surface area (Å²) in [6.45, 7) is 0.314. The molecule has 0 heterocycles. The molecule has 1 N–H and O–H groups in total. The number of rotatable bonds is 4. The van der Waals surface area contributed by atoms with Crippen molar-refractivity contribution in [3.63, 3.8) is 0 Å². The van der Waals surface area contributed by atoms with E-state index in [-0.39, 0.29) is 17.2 Å². The van der Waals surface area contributed by atoms with Gasteiger partial charge in [-0.25, -0.2) is 0 Å². The first-order valence-corrected chi connectivity index (χ1v) is 7.66. The third kappa shape index (κ3) is 3.72. The third-order valence-corrected chi connectivity index (χ3v) is 3.91. The standard InChI is InChI=1S/C16H15BrClNO3/c1-19(9-10-7-12(18)4-6-15(10)22-2)16(21)13-8-11(17)3-5-14(13)20/h3-8,20H,9H2,1-2H3. The van der Waals surface area contributed by atoms with Gasteiger partial charge in [0.05, 0.1) is 12.7 Å². The molecule has 0 aliphatic carbocycles. The van der Waals surface area contributed by atoms with Gasteiger partial charge in [0.15, 0.2) is 0 Å². The van der Waals surface area contributed by atoms with Crippen LogP contribution in [-0.2, 0) is 6.54 Å². The van der Waals surface area contributed by atoms with Gasteiger partial charge in [-0.2, -0.15) is 0 Å². The van der Waals surface area contributed by atoms with E-state index < -0.39 is 0 Å². The molecule has 0 bridgehead atoms. The molecule has 0 aliphatic heterocycles. The highest BCUT2D eigenvalue weighted by molar-refractivity contribution is 9.10. The number of phenols is 1. The molecule has 0 aliphatic rings. The van der Waals surface area contributed by atoms with Gasteiger partial charge in [-0.3, -0.25) is 4.79 Å². The monoisotopic (exact) mass is 383 g/mol. The minimum Gasteiger partial charge on any atom is -0.507 e. The molecule has 116 valence electrons. The van der Waals surface area contributed by atoms with Crippen LogP contribution in [0.5, 0.6) is 11.5 Å². The van der Waals surface area contributed by atoms with E-state index in [0.717, 1.165) is 10.0 Å². The number of hydrogen-bond donors (Lipinski definition) is 1. The van der Waals surface area contributed by atoms with Gasteiger partial charge >= 0.3 is 0 Å². The summed E-state index contributed by atoms with van der Waals surface area (Å²) >= 11 is 9.29. The third-order valence-electron chi connectivity index (χ3n) is 3.19. The molecular formula is C16H15BrClNO3. The zero-order chi connectivity index (χ0) is 16.3. The highest BCUT2D eigenvalue weighted by Crippen LogP contribution is 2.26. The van der Waals surface area contributed by atoms with E-state index in [1.165, 1.54) is 11.0 Å². The second kappa shape index (κ2) is 7.03. The lowest BCUT2D eigenvalue weighted by Crippen LogP contribution is -2.26. The highest BCUT2D eigenvalue weighted by Gasteiger charge is 2.18. The number of methoxy groups -OCH3 is 1. The molecule has 0 spiro atoms. The topological polar surface area (TPSA) is 49.8 Å².